The van der Waals surface area contributed by atoms with Gasteiger partial charge >= 0.3 is 5.97 Å². The van der Waals surface area contributed by atoms with E-state index in [4.69, 9.17) is 4.98 Å². The lowest BCUT2D eigenvalue weighted by Crippen LogP contribution is -2.18. The van der Waals surface area contributed by atoms with Crippen LogP contribution < -0.4 is 0 Å². The first-order valence-electron chi connectivity index (χ1n) is 13.5. The topological polar surface area (TPSA) is 70.4 Å². The SMILES string of the molecule is CC(C)(O)c1ccccc1CC[C@@H](SCC1(CC(=O)O)CC1)c1cccc(C=Cc2ccc3sccc3n2)c1. The summed E-state index contributed by atoms with van der Waals surface area (Å²) < 4.78 is 1.19. The van der Waals surface area contributed by atoms with Crippen LogP contribution in [0.1, 0.15) is 72.7 Å². The normalized spacial score (nSPS) is 15.6. The van der Waals surface area contributed by atoms with Gasteiger partial charge in [0.2, 0.25) is 0 Å². The highest BCUT2D eigenvalue weighted by molar-refractivity contribution is 7.99. The molecule has 1 fully saturated rings. The van der Waals surface area contributed by atoms with Gasteiger partial charge < -0.3 is 10.2 Å². The minimum absolute atomic E-state index is 0.0662. The van der Waals surface area contributed by atoms with E-state index in [2.05, 4.69) is 60.0 Å². The smallest absolute Gasteiger partial charge is 0.303 e. The van der Waals surface area contributed by atoms with Crippen molar-refractivity contribution in [1.82, 2.24) is 4.98 Å². The number of carboxylic acids is 1. The molecule has 0 amide bonds. The number of pyridine rings is 1. The number of hydrogen-bond acceptors (Lipinski definition) is 5. The molecule has 0 aliphatic heterocycles. The Morgan fingerprint density at radius 3 is 2.69 bits per heavy atom. The molecular weight excluding hydrogens is 523 g/mol. The number of aromatic nitrogens is 1. The van der Waals surface area contributed by atoms with Crippen LogP contribution in [0.15, 0.2) is 72.1 Å². The second-order valence-corrected chi connectivity index (χ2v) is 13.3. The van der Waals surface area contributed by atoms with Gasteiger partial charge in [-0.15, -0.1) is 11.3 Å². The lowest BCUT2D eigenvalue weighted by atomic mass is 9.90. The van der Waals surface area contributed by atoms with E-state index >= 15 is 0 Å². The van der Waals surface area contributed by atoms with Crippen molar-refractivity contribution in [3.8, 4) is 0 Å². The molecule has 1 aliphatic rings. The van der Waals surface area contributed by atoms with E-state index in [0.29, 0.717) is 0 Å². The number of aliphatic carboxylic acids is 1. The quantitative estimate of drug-likeness (QED) is 0.183. The van der Waals surface area contributed by atoms with Crippen LogP contribution in [0.3, 0.4) is 0 Å². The fourth-order valence-electron chi connectivity index (χ4n) is 5.12. The number of hydrogen-bond donors (Lipinski definition) is 2. The van der Waals surface area contributed by atoms with Crippen LogP contribution in [0.25, 0.3) is 22.4 Å². The Labute approximate surface area is 238 Å². The van der Waals surface area contributed by atoms with Crippen molar-refractivity contribution in [2.24, 2.45) is 5.41 Å². The molecule has 2 heterocycles. The van der Waals surface area contributed by atoms with E-state index < -0.39 is 11.6 Å². The first kappa shape index (κ1) is 27.6. The summed E-state index contributed by atoms with van der Waals surface area (Å²) in [5.74, 6) is 0.145. The van der Waals surface area contributed by atoms with Crippen LogP contribution >= 0.6 is 23.1 Å². The third-order valence-electron chi connectivity index (χ3n) is 7.48. The number of nitrogens with zero attached hydrogens (tertiary/aromatic N) is 1. The van der Waals surface area contributed by atoms with Crippen molar-refractivity contribution in [3.63, 3.8) is 0 Å². The molecule has 0 radical (unpaired) electrons. The average Bonchev–Trinajstić information content (AvgIpc) is 3.49. The average molecular weight is 558 g/mol. The fourth-order valence-corrected chi connectivity index (χ4v) is 7.41. The molecule has 1 aliphatic carbocycles. The van der Waals surface area contributed by atoms with Crippen LogP contribution in [0.5, 0.6) is 0 Å². The van der Waals surface area contributed by atoms with E-state index in [-0.39, 0.29) is 17.1 Å². The van der Waals surface area contributed by atoms with Crippen LogP contribution in [0.4, 0.5) is 0 Å². The maximum absolute atomic E-state index is 11.5. The summed E-state index contributed by atoms with van der Waals surface area (Å²) in [7, 11) is 0. The first-order chi connectivity index (χ1) is 18.7. The number of rotatable bonds is 12. The minimum Gasteiger partial charge on any atom is -0.481 e. The van der Waals surface area contributed by atoms with Crippen LogP contribution in [0, 0.1) is 5.41 Å². The molecule has 4 nitrogen and oxygen atoms in total. The molecule has 0 unspecified atom stereocenters. The summed E-state index contributed by atoms with van der Waals surface area (Å²) in [5, 5.41) is 22.4. The zero-order valence-corrected chi connectivity index (χ0v) is 24.1. The first-order valence-corrected chi connectivity index (χ1v) is 15.4. The lowest BCUT2D eigenvalue weighted by Gasteiger charge is -2.24. The summed E-state index contributed by atoms with van der Waals surface area (Å²) in [6.07, 6.45) is 8.15. The summed E-state index contributed by atoms with van der Waals surface area (Å²) in [6, 6.07) is 23.0. The number of carbonyl (C=O) groups is 1. The molecule has 39 heavy (non-hydrogen) atoms. The number of thioether (sulfide) groups is 1. The second-order valence-electron chi connectivity index (χ2n) is 11.2. The summed E-state index contributed by atoms with van der Waals surface area (Å²) >= 11 is 3.58. The molecule has 0 saturated heterocycles. The van der Waals surface area contributed by atoms with E-state index in [0.717, 1.165) is 59.3 Å². The zero-order chi connectivity index (χ0) is 27.5. The highest BCUT2D eigenvalue weighted by Crippen LogP contribution is 2.53. The van der Waals surface area contributed by atoms with Gasteiger partial charge in [0.25, 0.3) is 0 Å². The minimum atomic E-state index is -0.899. The van der Waals surface area contributed by atoms with Crippen LogP contribution in [0.2, 0.25) is 0 Å². The van der Waals surface area contributed by atoms with Crippen molar-refractivity contribution < 1.29 is 15.0 Å². The molecule has 1 atom stereocenters. The number of benzene rings is 2. The zero-order valence-electron chi connectivity index (χ0n) is 22.5. The highest BCUT2D eigenvalue weighted by Gasteiger charge is 2.44. The molecule has 2 aromatic carbocycles. The van der Waals surface area contributed by atoms with Gasteiger partial charge in [-0.1, -0.05) is 54.6 Å². The van der Waals surface area contributed by atoms with Crippen molar-refractivity contribution in [2.75, 3.05) is 5.75 Å². The van der Waals surface area contributed by atoms with Crippen molar-refractivity contribution in [3.05, 3.63) is 100 Å². The fraction of sp³-hybridized carbons (Fsp3) is 0.333. The van der Waals surface area contributed by atoms with Crippen molar-refractivity contribution in [2.45, 2.75) is 56.8 Å². The maximum atomic E-state index is 11.5. The summed E-state index contributed by atoms with van der Waals surface area (Å²) in [5.41, 5.74) is 5.48. The third-order valence-corrected chi connectivity index (χ3v) is 10.0. The number of aryl methyl sites for hydroxylation is 1. The standard InChI is InChI=1S/C33H35NO3S2/c1-32(2,37)27-9-4-3-7-24(27)11-14-29(39-22-33(17-18-33)21-31(35)36)25-8-5-6-23(20-25)10-12-26-13-15-30-28(34-26)16-19-38-30/h3-10,12-13,15-16,19-20,29,37H,11,14,17-18,21-22H2,1-2H3,(H,35,36)/t29-/m1/s1. The van der Waals surface area contributed by atoms with Gasteiger partial charge in [-0.3, -0.25) is 4.79 Å². The number of carboxylic acid groups (broad SMARTS) is 1. The Hall–Kier alpha value is -2.93. The summed E-state index contributed by atoms with van der Waals surface area (Å²) in [6.45, 7) is 3.67. The molecule has 1 saturated carbocycles. The maximum Gasteiger partial charge on any atom is 0.303 e. The van der Waals surface area contributed by atoms with Gasteiger partial charge in [0.15, 0.2) is 0 Å². The predicted octanol–water partition coefficient (Wildman–Crippen LogP) is 8.36. The number of fused-ring (bicyclic) bond motifs is 1. The molecule has 5 rings (SSSR count). The van der Waals surface area contributed by atoms with Gasteiger partial charge in [-0.2, -0.15) is 11.8 Å². The predicted molar refractivity (Wildman–Crippen MR) is 164 cm³/mol. The third kappa shape index (κ3) is 7.18. The molecule has 0 bridgehead atoms. The molecule has 202 valence electrons. The second kappa shape index (κ2) is 11.7. The van der Waals surface area contributed by atoms with Crippen molar-refractivity contribution >= 4 is 51.4 Å². The monoisotopic (exact) mass is 557 g/mol. The van der Waals surface area contributed by atoms with Gasteiger partial charge in [0, 0.05) is 11.0 Å². The Balaban J connectivity index is 1.36. The van der Waals surface area contributed by atoms with Crippen LogP contribution in [-0.2, 0) is 16.8 Å². The van der Waals surface area contributed by atoms with E-state index in [1.165, 1.54) is 10.3 Å². The molecule has 0 spiro atoms. The molecule has 6 heteroatoms. The van der Waals surface area contributed by atoms with Gasteiger partial charge in [-0.05, 0) is 96.9 Å². The number of thiophene rings is 1. The Morgan fingerprint density at radius 2 is 1.92 bits per heavy atom. The van der Waals surface area contributed by atoms with Gasteiger partial charge in [0.1, 0.15) is 0 Å². The molecule has 2 aromatic heterocycles. The van der Waals surface area contributed by atoms with E-state index in [9.17, 15) is 15.0 Å². The molecule has 2 N–H and O–H groups in total. The highest BCUT2D eigenvalue weighted by atomic mass is 32.2. The Bertz CT molecular complexity index is 1480. The number of aliphatic hydroxyl groups is 1. The Kier molecular flexibility index (Phi) is 8.27. The molecular formula is C33H35NO3S2. The van der Waals surface area contributed by atoms with E-state index in [1.807, 2.05) is 49.9 Å². The van der Waals surface area contributed by atoms with E-state index in [1.54, 1.807) is 11.3 Å². The lowest BCUT2D eigenvalue weighted by molar-refractivity contribution is -0.138. The van der Waals surface area contributed by atoms with Crippen LogP contribution in [-0.4, -0.2) is 26.9 Å². The Morgan fingerprint density at radius 1 is 1.10 bits per heavy atom. The summed E-state index contributed by atoms with van der Waals surface area (Å²) in [4.78, 5) is 16.2. The van der Waals surface area contributed by atoms with Gasteiger partial charge in [-0.25, -0.2) is 4.98 Å². The van der Waals surface area contributed by atoms with Crippen molar-refractivity contribution in [1.29, 1.82) is 0 Å². The largest absolute Gasteiger partial charge is 0.481 e. The molecule has 4 aromatic rings. The van der Waals surface area contributed by atoms with Gasteiger partial charge in [0.05, 0.1) is 27.9 Å².